The van der Waals surface area contributed by atoms with Gasteiger partial charge in [-0.25, -0.2) is 4.39 Å². The van der Waals surface area contributed by atoms with Crippen molar-refractivity contribution in [3.8, 4) is 11.4 Å². The molecular formula is C27H31FN4O3S. The van der Waals surface area contributed by atoms with Crippen LogP contribution in [-0.4, -0.2) is 50.9 Å². The van der Waals surface area contributed by atoms with E-state index in [1.54, 1.807) is 18.3 Å². The molecule has 2 aromatic carbocycles. The standard InChI is InChI=1S/C27H31FN4O3S/c28-22-10-7-11-23(18-22)32-27(33)26(35-24-12-5-2-6-13-24)25(19-29-32)30-14-16-31(17-15-30)36(34)20-21-8-3-1-4-9-21/h1,3-4,7-11,18-19,24H,2,5-6,12-17,20H2/t36-/m1/s1. The van der Waals surface area contributed by atoms with Crippen LogP contribution in [-0.2, 0) is 17.1 Å². The van der Waals surface area contributed by atoms with Crippen molar-refractivity contribution < 1.29 is 13.7 Å². The Bertz CT molecular complexity index is 1210. The molecule has 7 nitrogen and oxygen atoms in total. The maximum absolute atomic E-state index is 13.9. The molecule has 190 valence electrons. The minimum Gasteiger partial charge on any atom is -0.598 e. The highest BCUT2D eigenvalue weighted by molar-refractivity contribution is 7.88. The average Bonchev–Trinajstić information content (AvgIpc) is 2.91. The summed E-state index contributed by atoms with van der Waals surface area (Å²) in [5, 5.41) is 4.37. The molecule has 1 saturated heterocycles. The first-order valence-electron chi connectivity index (χ1n) is 12.6. The van der Waals surface area contributed by atoms with Crippen molar-refractivity contribution in [1.82, 2.24) is 14.1 Å². The fraction of sp³-hybridized carbons (Fsp3) is 0.407. The van der Waals surface area contributed by atoms with Crippen molar-refractivity contribution in [1.29, 1.82) is 0 Å². The van der Waals surface area contributed by atoms with E-state index >= 15 is 0 Å². The number of rotatable bonds is 7. The van der Waals surface area contributed by atoms with Crippen LogP contribution in [0, 0.1) is 5.82 Å². The van der Waals surface area contributed by atoms with Crippen LogP contribution in [0.15, 0.2) is 65.6 Å². The Morgan fingerprint density at radius 3 is 2.47 bits per heavy atom. The second-order valence-electron chi connectivity index (χ2n) is 9.30. The van der Waals surface area contributed by atoms with E-state index in [1.807, 2.05) is 34.6 Å². The largest absolute Gasteiger partial charge is 0.598 e. The minimum absolute atomic E-state index is 0.0202. The van der Waals surface area contributed by atoms with Crippen LogP contribution in [0.4, 0.5) is 10.1 Å². The quantitative estimate of drug-likeness (QED) is 0.446. The van der Waals surface area contributed by atoms with Crippen molar-refractivity contribution >= 4 is 17.0 Å². The molecule has 5 rings (SSSR count). The predicted octanol–water partition coefficient (Wildman–Crippen LogP) is 4.07. The molecule has 1 atom stereocenters. The van der Waals surface area contributed by atoms with Gasteiger partial charge < -0.3 is 14.2 Å². The summed E-state index contributed by atoms with van der Waals surface area (Å²) in [5.41, 5.74) is 1.67. The Labute approximate surface area is 213 Å². The van der Waals surface area contributed by atoms with E-state index in [2.05, 4.69) is 10.00 Å². The van der Waals surface area contributed by atoms with Gasteiger partial charge >= 0.3 is 5.56 Å². The van der Waals surface area contributed by atoms with Gasteiger partial charge in [-0.1, -0.05) is 42.8 Å². The molecule has 2 fully saturated rings. The molecule has 0 N–H and O–H groups in total. The summed E-state index contributed by atoms with van der Waals surface area (Å²) in [5.74, 6) is 0.321. The number of anilines is 1. The summed E-state index contributed by atoms with van der Waals surface area (Å²) < 4.78 is 36.3. The number of piperazine rings is 1. The Morgan fingerprint density at radius 2 is 1.75 bits per heavy atom. The van der Waals surface area contributed by atoms with Crippen molar-refractivity contribution in [2.24, 2.45) is 0 Å². The highest BCUT2D eigenvalue weighted by atomic mass is 32.2. The van der Waals surface area contributed by atoms with E-state index in [0.717, 1.165) is 31.2 Å². The monoisotopic (exact) mass is 510 g/mol. The fourth-order valence-electron chi connectivity index (χ4n) is 4.85. The SMILES string of the molecule is O=c1c(OC2CCCCC2)c(N2CCN([S@+]([O-])Cc3ccccc3)CC2)cnn1-c1cccc(F)c1. The van der Waals surface area contributed by atoms with Gasteiger partial charge in [0.25, 0.3) is 0 Å². The van der Waals surface area contributed by atoms with Gasteiger partial charge in [0.15, 0.2) is 5.75 Å². The summed E-state index contributed by atoms with van der Waals surface area (Å²) in [6, 6.07) is 15.7. The molecule has 2 heterocycles. The number of ether oxygens (including phenoxy) is 1. The van der Waals surface area contributed by atoms with Gasteiger partial charge in [-0.3, -0.25) is 4.79 Å². The second-order valence-corrected chi connectivity index (χ2v) is 10.7. The highest BCUT2D eigenvalue weighted by Crippen LogP contribution is 2.30. The van der Waals surface area contributed by atoms with Gasteiger partial charge in [-0.15, -0.1) is 4.31 Å². The molecule has 3 aromatic rings. The average molecular weight is 511 g/mol. The Balaban J connectivity index is 1.36. The Hall–Kier alpha value is -2.88. The lowest BCUT2D eigenvalue weighted by Crippen LogP contribution is -2.49. The first kappa shape index (κ1) is 24.8. The molecule has 0 radical (unpaired) electrons. The van der Waals surface area contributed by atoms with Crippen LogP contribution in [0.25, 0.3) is 5.69 Å². The van der Waals surface area contributed by atoms with Gasteiger partial charge in [0.1, 0.15) is 11.5 Å². The van der Waals surface area contributed by atoms with E-state index in [4.69, 9.17) is 4.74 Å². The van der Waals surface area contributed by atoms with Crippen LogP contribution in [0.2, 0.25) is 0 Å². The van der Waals surface area contributed by atoms with Crippen LogP contribution in [0.5, 0.6) is 5.75 Å². The smallest absolute Gasteiger partial charge is 0.316 e. The molecule has 9 heteroatoms. The van der Waals surface area contributed by atoms with E-state index in [1.165, 1.54) is 23.2 Å². The molecule has 1 aromatic heterocycles. The van der Waals surface area contributed by atoms with Crippen LogP contribution >= 0.6 is 0 Å². The van der Waals surface area contributed by atoms with Crippen molar-refractivity contribution in [2.45, 2.75) is 44.0 Å². The first-order valence-corrected chi connectivity index (χ1v) is 13.8. The summed E-state index contributed by atoms with van der Waals surface area (Å²) >= 11 is -1.12. The van der Waals surface area contributed by atoms with Gasteiger partial charge in [-0.2, -0.15) is 9.78 Å². The van der Waals surface area contributed by atoms with E-state index in [-0.39, 0.29) is 11.9 Å². The second kappa shape index (κ2) is 11.5. The lowest BCUT2D eigenvalue weighted by atomic mass is 9.98. The van der Waals surface area contributed by atoms with E-state index in [9.17, 15) is 13.7 Å². The number of benzene rings is 2. The molecular weight excluding hydrogens is 479 g/mol. The molecule has 2 aliphatic rings. The lowest BCUT2D eigenvalue weighted by Gasteiger charge is -2.36. The third kappa shape index (κ3) is 5.74. The van der Waals surface area contributed by atoms with Crippen molar-refractivity contribution in [3.63, 3.8) is 0 Å². The summed E-state index contributed by atoms with van der Waals surface area (Å²) in [6.45, 7) is 2.42. The number of hydrogen-bond acceptors (Lipinski definition) is 6. The van der Waals surface area contributed by atoms with Gasteiger partial charge in [0.2, 0.25) is 5.75 Å². The van der Waals surface area contributed by atoms with Gasteiger partial charge in [0.05, 0.1) is 31.1 Å². The molecule has 0 spiro atoms. The molecule has 36 heavy (non-hydrogen) atoms. The van der Waals surface area contributed by atoms with E-state index in [0.29, 0.717) is 43.3 Å². The minimum atomic E-state index is -1.12. The maximum Gasteiger partial charge on any atom is 0.316 e. The van der Waals surface area contributed by atoms with Crippen LogP contribution in [0.3, 0.4) is 0 Å². The van der Waals surface area contributed by atoms with Crippen molar-refractivity contribution in [3.05, 3.63) is 82.5 Å². The number of aromatic nitrogens is 2. The molecule has 0 bridgehead atoms. The fourth-order valence-corrected chi connectivity index (χ4v) is 6.08. The molecule has 0 amide bonds. The predicted molar refractivity (Wildman–Crippen MR) is 139 cm³/mol. The molecule has 1 saturated carbocycles. The zero-order chi connectivity index (χ0) is 24.9. The number of nitrogens with zero attached hydrogens (tertiary/aromatic N) is 4. The van der Waals surface area contributed by atoms with Crippen LogP contribution < -0.4 is 15.2 Å². The molecule has 0 unspecified atom stereocenters. The lowest BCUT2D eigenvalue weighted by molar-refractivity contribution is 0.152. The van der Waals surface area contributed by atoms with E-state index < -0.39 is 22.7 Å². The zero-order valence-electron chi connectivity index (χ0n) is 20.2. The Morgan fingerprint density at radius 1 is 1.00 bits per heavy atom. The third-order valence-electron chi connectivity index (χ3n) is 6.80. The normalized spacial score (nSPS) is 18.2. The van der Waals surface area contributed by atoms with Gasteiger partial charge in [0, 0.05) is 30.0 Å². The zero-order valence-corrected chi connectivity index (χ0v) is 21.0. The number of hydrogen-bond donors (Lipinski definition) is 0. The topological polar surface area (TPSA) is 73.7 Å². The maximum atomic E-state index is 13.9. The van der Waals surface area contributed by atoms with Crippen LogP contribution in [0.1, 0.15) is 37.7 Å². The highest BCUT2D eigenvalue weighted by Gasteiger charge is 2.30. The summed E-state index contributed by atoms with van der Waals surface area (Å²) in [6.07, 6.45) is 6.78. The first-order chi connectivity index (χ1) is 17.6. The summed E-state index contributed by atoms with van der Waals surface area (Å²) in [4.78, 5) is 15.6. The van der Waals surface area contributed by atoms with Crippen molar-refractivity contribution in [2.75, 3.05) is 31.1 Å². The number of halogens is 1. The van der Waals surface area contributed by atoms with Gasteiger partial charge in [-0.05, 0) is 43.9 Å². The Kier molecular flexibility index (Phi) is 7.89. The third-order valence-corrected chi connectivity index (χ3v) is 8.33. The molecule has 1 aliphatic carbocycles. The summed E-state index contributed by atoms with van der Waals surface area (Å²) in [7, 11) is 0. The molecule has 1 aliphatic heterocycles.